The number of rotatable bonds is 0. The van der Waals surface area contributed by atoms with E-state index in [0.717, 1.165) is 11.2 Å². The van der Waals surface area contributed by atoms with Crippen molar-refractivity contribution in [2.24, 2.45) is 0 Å². The first-order valence-electron chi connectivity index (χ1n) is 7.35. The van der Waals surface area contributed by atoms with Gasteiger partial charge in [0.05, 0.1) is 5.52 Å². The van der Waals surface area contributed by atoms with Crippen molar-refractivity contribution < 1.29 is 20.1 Å². The van der Waals surface area contributed by atoms with Crippen LogP contribution in [-0.2, 0) is 25.5 Å². The molecule has 0 bridgehead atoms. The molecule has 1 nitrogen and oxygen atoms in total. The van der Waals surface area contributed by atoms with Gasteiger partial charge < -0.3 is 0 Å². The van der Waals surface area contributed by atoms with Crippen molar-refractivity contribution in [3.05, 3.63) is 64.7 Å². The maximum absolute atomic E-state index is 4.98. The van der Waals surface area contributed by atoms with E-state index >= 15 is 0 Å². The van der Waals surface area contributed by atoms with Crippen molar-refractivity contribution in [2.45, 2.75) is 19.3 Å². The van der Waals surface area contributed by atoms with Crippen LogP contribution in [0.1, 0.15) is 36.1 Å². The van der Waals surface area contributed by atoms with Crippen LogP contribution in [0.4, 0.5) is 0 Å². The van der Waals surface area contributed by atoms with Gasteiger partial charge in [0.15, 0.2) is 0 Å². The predicted octanol–water partition coefficient (Wildman–Crippen LogP) is 4.82. The van der Waals surface area contributed by atoms with Crippen molar-refractivity contribution in [2.75, 3.05) is 0 Å². The second-order valence-corrected chi connectivity index (χ2v) is 6.41. The summed E-state index contributed by atoms with van der Waals surface area (Å²) >= 11 is 0. The van der Waals surface area contributed by atoms with E-state index in [2.05, 4.69) is 62.4 Å². The molecule has 0 amide bonds. The van der Waals surface area contributed by atoms with Gasteiger partial charge in [-0.1, -0.05) is 43.7 Å². The topological polar surface area (TPSA) is 12.9 Å². The van der Waals surface area contributed by atoms with Crippen LogP contribution in [0, 0.1) is 6.07 Å². The maximum atomic E-state index is 4.98. The Hall–Kier alpha value is -1.76. The van der Waals surface area contributed by atoms with Crippen LogP contribution in [0.5, 0.6) is 0 Å². The molecule has 0 saturated heterocycles. The Kier molecular flexibility index (Phi) is 2.76. The van der Waals surface area contributed by atoms with Gasteiger partial charge in [0.1, 0.15) is 0 Å². The molecule has 0 unspecified atom stereocenters. The van der Waals surface area contributed by atoms with E-state index in [9.17, 15) is 0 Å². The standard InChI is InChI=1S/C20H14N.Ir/c1-20(2)15-8-4-3-7-13(15)19-18(20)14-11-10-12-6-5-9-16(21-19)17(12)14;/h3-6,8-11H,1-2H3;/q-1;. The van der Waals surface area contributed by atoms with Crippen LogP contribution in [-0.4, -0.2) is 4.98 Å². The Morgan fingerprint density at radius 3 is 2.77 bits per heavy atom. The third-order valence-corrected chi connectivity index (χ3v) is 4.90. The molecule has 0 spiro atoms. The Balaban J connectivity index is 0.00000125. The van der Waals surface area contributed by atoms with Crippen LogP contribution in [0.15, 0.2) is 36.4 Å². The summed E-state index contributed by atoms with van der Waals surface area (Å²) in [6.45, 7) is 4.59. The van der Waals surface area contributed by atoms with E-state index in [1.165, 1.54) is 33.2 Å². The first-order valence-corrected chi connectivity index (χ1v) is 7.35. The van der Waals surface area contributed by atoms with Crippen molar-refractivity contribution in [1.29, 1.82) is 0 Å². The second kappa shape index (κ2) is 4.38. The van der Waals surface area contributed by atoms with Gasteiger partial charge in [-0.05, 0) is 28.3 Å². The summed E-state index contributed by atoms with van der Waals surface area (Å²) in [7, 11) is 0. The molecule has 22 heavy (non-hydrogen) atoms. The summed E-state index contributed by atoms with van der Waals surface area (Å²) in [6, 6.07) is 16.1. The van der Waals surface area contributed by atoms with Gasteiger partial charge in [-0.25, -0.2) is 0 Å². The van der Waals surface area contributed by atoms with Gasteiger partial charge in [0.25, 0.3) is 0 Å². The molecule has 2 aliphatic carbocycles. The molecule has 2 aromatic carbocycles. The molecule has 2 aliphatic rings. The summed E-state index contributed by atoms with van der Waals surface area (Å²) in [4.78, 5) is 4.98. The van der Waals surface area contributed by atoms with Crippen molar-refractivity contribution in [3.63, 3.8) is 0 Å². The summed E-state index contributed by atoms with van der Waals surface area (Å²) in [5, 5.41) is 1.30. The molecule has 1 radical (unpaired) electrons. The zero-order valence-corrected chi connectivity index (χ0v) is 14.8. The molecule has 1 heterocycles. The summed E-state index contributed by atoms with van der Waals surface area (Å²) in [6.07, 6.45) is 4.47. The van der Waals surface area contributed by atoms with Gasteiger partial charge in [-0.2, -0.15) is 0 Å². The van der Waals surface area contributed by atoms with Crippen LogP contribution < -0.4 is 0 Å². The number of benzene rings is 2. The molecule has 0 atom stereocenters. The number of pyridine rings is 1. The quantitative estimate of drug-likeness (QED) is 0.343. The molecule has 0 N–H and O–H groups in total. The molecule has 0 aliphatic heterocycles. The van der Waals surface area contributed by atoms with Gasteiger partial charge in [0.2, 0.25) is 0 Å². The van der Waals surface area contributed by atoms with Crippen LogP contribution >= 0.6 is 0 Å². The van der Waals surface area contributed by atoms with E-state index in [0.29, 0.717) is 0 Å². The predicted molar refractivity (Wildman–Crippen MR) is 87.1 cm³/mol. The van der Waals surface area contributed by atoms with E-state index < -0.39 is 0 Å². The average molecular weight is 461 g/mol. The monoisotopic (exact) mass is 461 g/mol. The average Bonchev–Trinajstić information content (AvgIpc) is 3.01. The Bertz CT molecular complexity index is 967. The molecule has 5 rings (SSSR count). The molecule has 2 heteroatoms. The first kappa shape index (κ1) is 13.9. The molecule has 3 aromatic rings. The van der Waals surface area contributed by atoms with Gasteiger partial charge in [0, 0.05) is 25.5 Å². The fourth-order valence-electron chi connectivity index (χ4n) is 3.95. The molecule has 0 fully saturated rings. The van der Waals surface area contributed by atoms with E-state index in [1.807, 2.05) is 6.07 Å². The van der Waals surface area contributed by atoms with Crippen LogP contribution in [0.3, 0.4) is 0 Å². The zero-order chi connectivity index (χ0) is 14.2. The number of aromatic nitrogens is 1. The molecule has 1 aromatic heterocycles. The normalized spacial score (nSPS) is 15.5. The number of hydrogen-bond acceptors (Lipinski definition) is 1. The van der Waals surface area contributed by atoms with Crippen LogP contribution in [0.2, 0.25) is 0 Å². The van der Waals surface area contributed by atoms with Crippen molar-refractivity contribution >= 4 is 23.1 Å². The maximum Gasteiger partial charge on any atom is 0.0607 e. The number of hydrogen-bond donors (Lipinski definition) is 0. The fraction of sp³-hybridized carbons (Fsp3) is 0.150. The molecular formula is C20H14IrN-. The van der Waals surface area contributed by atoms with Gasteiger partial charge in [-0.3, -0.25) is 4.98 Å². The van der Waals surface area contributed by atoms with E-state index in [-0.39, 0.29) is 25.5 Å². The Labute approximate surface area is 143 Å². The Morgan fingerprint density at radius 2 is 1.91 bits per heavy atom. The van der Waals surface area contributed by atoms with Gasteiger partial charge >= 0.3 is 0 Å². The second-order valence-electron chi connectivity index (χ2n) is 6.41. The largest absolute Gasteiger partial charge is 0.296 e. The van der Waals surface area contributed by atoms with Crippen molar-refractivity contribution in [1.82, 2.24) is 4.98 Å². The molecule has 0 saturated carbocycles. The fourth-order valence-corrected chi connectivity index (χ4v) is 3.95. The zero-order valence-electron chi connectivity index (χ0n) is 12.4. The minimum atomic E-state index is -0.0132. The SMILES string of the molecule is CC1(C)c2ccc[c-]c2-c2nc3cccc4c3c(c21)C=C4.[Ir]. The molecule has 109 valence electrons. The van der Waals surface area contributed by atoms with Crippen LogP contribution in [0.25, 0.3) is 34.3 Å². The summed E-state index contributed by atoms with van der Waals surface area (Å²) in [5.74, 6) is 0. The summed E-state index contributed by atoms with van der Waals surface area (Å²) in [5.41, 5.74) is 8.68. The third kappa shape index (κ3) is 1.49. The molecular weight excluding hydrogens is 446 g/mol. The minimum Gasteiger partial charge on any atom is -0.296 e. The van der Waals surface area contributed by atoms with E-state index in [4.69, 9.17) is 4.98 Å². The number of fused-ring (bicyclic) bond motifs is 4. The van der Waals surface area contributed by atoms with Gasteiger partial charge in [-0.15, -0.1) is 35.4 Å². The minimum absolute atomic E-state index is 0. The third-order valence-electron chi connectivity index (χ3n) is 4.90. The first-order chi connectivity index (χ1) is 10.2. The van der Waals surface area contributed by atoms with Crippen molar-refractivity contribution in [3.8, 4) is 11.3 Å². The number of nitrogens with zero attached hydrogens (tertiary/aromatic N) is 1. The Morgan fingerprint density at radius 1 is 1.05 bits per heavy atom. The van der Waals surface area contributed by atoms with E-state index in [1.54, 1.807) is 0 Å². The summed E-state index contributed by atoms with van der Waals surface area (Å²) < 4.78 is 0. The smallest absolute Gasteiger partial charge is 0.0607 e.